The van der Waals surface area contributed by atoms with Crippen LogP contribution in [-0.4, -0.2) is 20.5 Å². The molecule has 0 heterocycles. The van der Waals surface area contributed by atoms with Crippen LogP contribution in [0.5, 0.6) is 0 Å². The number of Topliss-reactive ketones (excluding diaryl/α,β-unsaturated/α-hetero) is 1. The molecule has 0 bridgehead atoms. The van der Waals surface area contributed by atoms with Crippen molar-refractivity contribution in [1.82, 2.24) is 0 Å². The number of carbonyl (C=O) groups excluding carboxylic acids is 1. The summed E-state index contributed by atoms with van der Waals surface area (Å²) in [7, 11) is -3.27. The monoisotopic (exact) mass is 283 g/mol. The fourth-order valence-electron chi connectivity index (χ4n) is 1.79. The standard InChI is InChI=1S/C14H21NO3S/c1-3-4-5-6-7-14(16)12-8-10-13(11-9-12)15-19(2,17)18/h8-11,15H,3-7H2,1-2H3. The van der Waals surface area contributed by atoms with Crippen LogP contribution in [0.3, 0.4) is 0 Å². The average molecular weight is 283 g/mol. The zero-order chi connectivity index (χ0) is 14.3. The van der Waals surface area contributed by atoms with Gasteiger partial charge in [0, 0.05) is 17.7 Å². The SMILES string of the molecule is CCCCCCC(=O)c1ccc(NS(C)(=O)=O)cc1. The third kappa shape index (κ3) is 6.38. The van der Waals surface area contributed by atoms with Gasteiger partial charge in [-0.3, -0.25) is 9.52 Å². The molecule has 0 fully saturated rings. The maximum absolute atomic E-state index is 11.9. The van der Waals surface area contributed by atoms with E-state index in [1.165, 1.54) is 0 Å². The summed E-state index contributed by atoms with van der Waals surface area (Å²) >= 11 is 0. The summed E-state index contributed by atoms with van der Waals surface area (Å²) in [6.07, 6.45) is 5.95. The van der Waals surface area contributed by atoms with E-state index in [0.717, 1.165) is 31.9 Å². The molecule has 4 nitrogen and oxygen atoms in total. The fourth-order valence-corrected chi connectivity index (χ4v) is 2.36. The molecule has 0 saturated heterocycles. The number of rotatable bonds is 8. The van der Waals surface area contributed by atoms with E-state index in [0.29, 0.717) is 17.7 Å². The highest BCUT2D eigenvalue weighted by atomic mass is 32.2. The molecule has 0 spiro atoms. The molecule has 0 aliphatic rings. The summed E-state index contributed by atoms with van der Waals surface area (Å²) < 4.78 is 24.5. The summed E-state index contributed by atoms with van der Waals surface area (Å²) in [4.78, 5) is 11.9. The van der Waals surface area contributed by atoms with Gasteiger partial charge in [-0.2, -0.15) is 0 Å². The van der Waals surface area contributed by atoms with Gasteiger partial charge in [0.1, 0.15) is 0 Å². The van der Waals surface area contributed by atoms with Crippen molar-refractivity contribution < 1.29 is 13.2 Å². The molecule has 0 saturated carbocycles. The minimum Gasteiger partial charge on any atom is -0.294 e. The summed E-state index contributed by atoms with van der Waals surface area (Å²) in [5.74, 6) is 0.113. The Labute approximate surface area is 115 Å². The van der Waals surface area contributed by atoms with E-state index < -0.39 is 10.0 Å². The van der Waals surface area contributed by atoms with Gasteiger partial charge in [0.05, 0.1) is 6.26 Å². The van der Waals surface area contributed by atoms with Crippen LogP contribution in [0, 0.1) is 0 Å². The largest absolute Gasteiger partial charge is 0.294 e. The molecule has 1 aromatic carbocycles. The first kappa shape index (κ1) is 15.7. The molecule has 0 aliphatic heterocycles. The van der Waals surface area contributed by atoms with Gasteiger partial charge in [-0.15, -0.1) is 0 Å². The van der Waals surface area contributed by atoms with Gasteiger partial charge in [0.2, 0.25) is 10.0 Å². The Balaban J connectivity index is 2.53. The van der Waals surface area contributed by atoms with Crippen LogP contribution in [0.2, 0.25) is 0 Å². The van der Waals surface area contributed by atoms with E-state index in [2.05, 4.69) is 11.6 Å². The van der Waals surface area contributed by atoms with Gasteiger partial charge in [-0.25, -0.2) is 8.42 Å². The molecule has 0 aliphatic carbocycles. The van der Waals surface area contributed by atoms with E-state index in [4.69, 9.17) is 0 Å². The Morgan fingerprint density at radius 3 is 2.26 bits per heavy atom. The first-order valence-corrected chi connectivity index (χ1v) is 8.42. The molecule has 0 radical (unpaired) electrons. The van der Waals surface area contributed by atoms with Gasteiger partial charge < -0.3 is 0 Å². The molecule has 1 rings (SSSR count). The number of anilines is 1. The van der Waals surface area contributed by atoms with Crippen LogP contribution in [0.25, 0.3) is 0 Å². The zero-order valence-corrected chi connectivity index (χ0v) is 12.3. The van der Waals surface area contributed by atoms with E-state index in [-0.39, 0.29) is 5.78 Å². The van der Waals surface area contributed by atoms with Crippen LogP contribution in [-0.2, 0) is 10.0 Å². The van der Waals surface area contributed by atoms with Crippen molar-refractivity contribution in [2.45, 2.75) is 39.0 Å². The van der Waals surface area contributed by atoms with Gasteiger partial charge >= 0.3 is 0 Å². The van der Waals surface area contributed by atoms with Crippen LogP contribution in [0.15, 0.2) is 24.3 Å². The highest BCUT2D eigenvalue weighted by molar-refractivity contribution is 7.92. The topological polar surface area (TPSA) is 63.2 Å². The van der Waals surface area contributed by atoms with Gasteiger partial charge in [-0.1, -0.05) is 26.2 Å². The third-order valence-electron chi connectivity index (χ3n) is 2.77. The van der Waals surface area contributed by atoms with Crippen molar-refractivity contribution in [1.29, 1.82) is 0 Å². The molecular weight excluding hydrogens is 262 g/mol. The molecule has 0 atom stereocenters. The van der Waals surface area contributed by atoms with Crippen molar-refractivity contribution in [3.63, 3.8) is 0 Å². The molecule has 106 valence electrons. The Bertz CT molecular complexity index is 506. The number of hydrogen-bond acceptors (Lipinski definition) is 3. The van der Waals surface area contributed by atoms with E-state index in [9.17, 15) is 13.2 Å². The van der Waals surface area contributed by atoms with Crippen LogP contribution in [0.4, 0.5) is 5.69 Å². The van der Waals surface area contributed by atoms with E-state index in [1.807, 2.05) is 0 Å². The van der Waals surface area contributed by atoms with Gasteiger partial charge in [0.25, 0.3) is 0 Å². The van der Waals surface area contributed by atoms with E-state index in [1.54, 1.807) is 24.3 Å². The van der Waals surface area contributed by atoms with Crippen molar-refractivity contribution in [2.24, 2.45) is 0 Å². The van der Waals surface area contributed by atoms with Gasteiger partial charge in [-0.05, 0) is 30.7 Å². The minimum atomic E-state index is -3.27. The van der Waals surface area contributed by atoms with Crippen LogP contribution < -0.4 is 4.72 Å². The number of benzene rings is 1. The Morgan fingerprint density at radius 1 is 1.11 bits per heavy atom. The predicted octanol–water partition coefficient (Wildman–Crippen LogP) is 3.21. The Morgan fingerprint density at radius 2 is 1.74 bits per heavy atom. The molecular formula is C14H21NO3S. The second-order valence-electron chi connectivity index (χ2n) is 4.69. The zero-order valence-electron chi connectivity index (χ0n) is 11.5. The Hall–Kier alpha value is -1.36. The van der Waals surface area contributed by atoms with Crippen molar-refractivity contribution in [2.75, 3.05) is 11.0 Å². The number of sulfonamides is 1. The van der Waals surface area contributed by atoms with Crippen molar-refractivity contribution in [3.8, 4) is 0 Å². The normalized spacial score (nSPS) is 11.3. The molecule has 0 unspecified atom stereocenters. The average Bonchev–Trinajstić information content (AvgIpc) is 2.33. The second kappa shape index (κ2) is 7.28. The minimum absolute atomic E-state index is 0.113. The van der Waals surface area contributed by atoms with Crippen LogP contribution in [0.1, 0.15) is 49.4 Å². The fraction of sp³-hybridized carbons (Fsp3) is 0.500. The third-order valence-corrected chi connectivity index (χ3v) is 3.37. The summed E-state index contributed by atoms with van der Waals surface area (Å²) in [6, 6.07) is 6.55. The number of ketones is 1. The number of unbranched alkanes of at least 4 members (excludes halogenated alkanes) is 3. The van der Waals surface area contributed by atoms with Gasteiger partial charge in [0.15, 0.2) is 5.78 Å². The number of hydrogen-bond donors (Lipinski definition) is 1. The first-order chi connectivity index (χ1) is 8.92. The lowest BCUT2D eigenvalue weighted by molar-refractivity contribution is 0.0979. The highest BCUT2D eigenvalue weighted by Crippen LogP contribution is 2.14. The second-order valence-corrected chi connectivity index (χ2v) is 6.43. The highest BCUT2D eigenvalue weighted by Gasteiger charge is 2.06. The maximum Gasteiger partial charge on any atom is 0.229 e. The summed E-state index contributed by atoms with van der Waals surface area (Å²) in [6.45, 7) is 2.13. The smallest absolute Gasteiger partial charge is 0.229 e. The molecule has 19 heavy (non-hydrogen) atoms. The molecule has 5 heteroatoms. The lowest BCUT2D eigenvalue weighted by Crippen LogP contribution is -2.09. The number of carbonyl (C=O) groups is 1. The lowest BCUT2D eigenvalue weighted by atomic mass is 10.0. The summed E-state index contributed by atoms with van der Waals surface area (Å²) in [5, 5.41) is 0. The van der Waals surface area contributed by atoms with Crippen molar-refractivity contribution in [3.05, 3.63) is 29.8 Å². The number of nitrogens with one attached hydrogen (secondary N) is 1. The molecule has 1 aromatic rings. The van der Waals surface area contributed by atoms with Crippen LogP contribution >= 0.6 is 0 Å². The van der Waals surface area contributed by atoms with Crippen molar-refractivity contribution >= 4 is 21.5 Å². The predicted molar refractivity (Wildman–Crippen MR) is 78.0 cm³/mol. The maximum atomic E-state index is 11.9. The Kier molecular flexibility index (Phi) is 6.02. The van der Waals surface area contributed by atoms with E-state index >= 15 is 0 Å². The molecule has 0 amide bonds. The lowest BCUT2D eigenvalue weighted by Gasteiger charge is -2.05. The summed E-state index contributed by atoms with van der Waals surface area (Å²) in [5.41, 5.74) is 1.11. The molecule has 0 aromatic heterocycles. The molecule has 1 N–H and O–H groups in total. The quantitative estimate of drug-likeness (QED) is 0.588. The first-order valence-electron chi connectivity index (χ1n) is 6.53.